The number of amides is 1. The third kappa shape index (κ3) is 2.02. The Balaban J connectivity index is 2.19. The van der Waals surface area contributed by atoms with Crippen molar-refractivity contribution in [1.29, 1.82) is 0 Å². The molecule has 1 amide bonds. The number of nitrogens with zero attached hydrogens (tertiary/aromatic N) is 2. The van der Waals surface area contributed by atoms with E-state index in [-0.39, 0.29) is 11.9 Å². The van der Waals surface area contributed by atoms with Crippen LogP contribution in [0, 0.1) is 0 Å². The minimum atomic E-state index is -0.0656. The molecule has 2 N–H and O–H groups in total. The molecule has 0 spiro atoms. The highest BCUT2D eigenvalue weighted by atomic mass is 16.2. The average molecular weight is 208 g/mol. The van der Waals surface area contributed by atoms with Crippen molar-refractivity contribution < 1.29 is 4.79 Å². The molecule has 1 aromatic heterocycles. The lowest BCUT2D eigenvalue weighted by Gasteiger charge is -2.21. The first-order valence-electron chi connectivity index (χ1n) is 5.30. The number of nitrogens with one attached hydrogen (secondary N) is 2. The molecule has 2 heterocycles. The molecule has 1 aliphatic rings. The summed E-state index contributed by atoms with van der Waals surface area (Å²) in [4.78, 5) is 20.8. The van der Waals surface area contributed by atoms with E-state index in [1.54, 1.807) is 17.4 Å². The lowest BCUT2D eigenvalue weighted by atomic mass is 10.1. The average Bonchev–Trinajstić information content (AvgIpc) is 2.70. The van der Waals surface area contributed by atoms with Gasteiger partial charge in [-0.05, 0) is 26.3 Å². The van der Waals surface area contributed by atoms with Gasteiger partial charge in [0, 0.05) is 12.7 Å². The maximum atomic E-state index is 12.1. The zero-order chi connectivity index (χ0) is 10.7. The second kappa shape index (κ2) is 4.44. The molecule has 5 nitrogen and oxygen atoms in total. The number of H-pyrrole nitrogens is 1. The van der Waals surface area contributed by atoms with Crippen molar-refractivity contribution in [1.82, 2.24) is 15.3 Å². The quantitative estimate of drug-likeness (QED) is 0.744. The van der Waals surface area contributed by atoms with Gasteiger partial charge < -0.3 is 10.3 Å². The van der Waals surface area contributed by atoms with Gasteiger partial charge in [0.1, 0.15) is 0 Å². The van der Waals surface area contributed by atoms with Gasteiger partial charge in [0.25, 0.3) is 0 Å². The van der Waals surface area contributed by atoms with Crippen LogP contribution in [0.5, 0.6) is 0 Å². The third-order valence-electron chi connectivity index (χ3n) is 2.80. The Hall–Kier alpha value is -1.36. The maximum Gasteiger partial charge on any atom is 0.245 e. The molecular weight excluding hydrogens is 192 g/mol. The monoisotopic (exact) mass is 208 g/mol. The lowest BCUT2D eigenvalue weighted by Crippen LogP contribution is -2.44. The van der Waals surface area contributed by atoms with E-state index in [1.165, 1.54) is 0 Å². The summed E-state index contributed by atoms with van der Waals surface area (Å²) in [6, 6.07) is -0.0656. The van der Waals surface area contributed by atoms with E-state index in [1.807, 2.05) is 7.05 Å². The molecule has 0 saturated carbocycles. The van der Waals surface area contributed by atoms with Crippen LogP contribution in [0.4, 0.5) is 5.82 Å². The number of hydrogen-bond donors (Lipinski definition) is 2. The molecular formula is C10H16N4O. The van der Waals surface area contributed by atoms with Crippen molar-refractivity contribution in [2.75, 3.05) is 18.5 Å². The minimum Gasteiger partial charge on any atom is -0.349 e. The van der Waals surface area contributed by atoms with Crippen LogP contribution < -0.4 is 10.2 Å². The van der Waals surface area contributed by atoms with Crippen LogP contribution in [-0.4, -0.2) is 35.5 Å². The van der Waals surface area contributed by atoms with Gasteiger partial charge in [-0.15, -0.1) is 0 Å². The van der Waals surface area contributed by atoms with E-state index < -0.39 is 0 Å². The van der Waals surface area contributed by atoms with Crippen LogP contribution in [0.1, 0.15) is 19.3 Å². The molecule has 0 bridgehead atoms. The second-order valence-electron chi connectivity index (χ2n) is 3.75. The van der Waals surface area contributed by atoms with Crippen LogP contribution in [-0.2, 0) is 4.79 Å². The van der Waals surface area contributed by atoms with Gasteiger partial charge in [-0.1, -0.05) is 0 Å². The Kier molecular flexibility index (Phi) is 3.01. The van der Waals surface area contributed by atoms with Crippen LogP contribution in [0.25, 0.3) is 0 Å². The van der Waals surface area contributed by atoms with E-state index in [9.17, 15) is 4.79 Å². The van der Waals surface area contributed by atoms with E-state index in [4.69, 9.17) is 0 Å². The van der Waals surface area contributed by atoms with Crippen LogP contribution >= 0.6 is 0 Å². The smallest absolute Gasteiger partial charge is 0.245 e. The second-order valence-corrected chi connectivity index (χ2v) is 3.75. The maximum absolute atomic E-state index is 12.1. The molecule has 5 heteroatoms. The molecule has 0 radical (unpaired) electrons. The van der Waals surface area contributed by atoms with Crippen molar-refractivity contribution in [2.24, 2.45) is 0 Å². The number of anilines is 1. The Bertz CT molecular complexity index is 322. The number of hydrogen-bond acceptors (Lipinski definition) is 3. The molecule has 1 fully saturated rings. The van der Waals surface area contributed by atoms with Crippen LogP contribution in [0.2, 0.25) is 0 Å². The fourth-order valence-electron chi connectivity index (χ4n) is 1.94. The largest absolute Gasteiger partial charge is 0.349 e. The summed E-state index contributed by atoms with van der Waals surface area (Å²) >= 11 is 0. The summed E-state index contributed by atoms with van der Waals surface area (Å²) in [6.45, 7) is 0.766. The Morgan fingerprint density at radius 2 is 2.47 bits per heavy atom. The third-order valence-corrected chi connectivity index (χ3v) is 2.80. The highest BCUT2D eigenvalue weighted by Crippen LogP contribution is 2.17. The Morgan fingerprint density at radius 3 is 3.13 bits per heavy atom. The van der Waals surface area contributed by atoms with E-state index >= 15 is 0 Å². The van der Waals surface area contributed by atoms with Crippen LogP contribution in [0.3, 0.4) is 0 Å². The summed E-state index contributed by atoms with van der Waals surface area (Å²) in [5, 5.41) is 3.06. The van der Waals surface area contributed by atoms with Crippen molar-refractivity contribution in [3.8, 4) is 0 Å². The molecule has 1 aliphatic heterocycles. The molecule has 1 saturated heterocycles. The molecule has 15 heavy (non-hydrogen) atoms. The van der Waals surface area contributed by atoms with Gasteiger partial charge in [-0.3, -0.25) is 9.69 Å². The summed E-state index contributed by atoms with van der Waals surface area (Å²) < 4.78 is 0. The molecule has 1 atom stereocenters. The Labute approximate surface area is 88.9 Å². The number of aromatic amines is 1. The number of rotatable bonds is 2. The predicted octanol–water partition coefficient (Wildman–Crippen LogP) is 0.515. The van der Waals surface area contributed by atoms with Gasteiger partial charge in [-0.25, -0.2) is 4.98 Å². The van der Waals surface area contributed by atoms with Gasteiger partial charge >= 0.3 is 0 Å². The van der Waals surface area contributed by atoms with E-state index in [2.05, 4.69) is 15.3 Å². The molecule has 0 aromatic carbocycles. The fourth-order valence-corrected chi connectivity index (χ4v) is 1.94. The summed E-state index contributed by atoms with van der Waals surface area (Å²) in [5.74, 6) is 0.851. The van der Waals surface area contributed by atoms with Gasteiger partial charge in [0.2, 0.25) is 5.91 Å². The number of aromatic nitrogens is 2. The lowest BCUT2D eigenvalue weighted by molar-refractivity contribution is -0.120. The normalized spacial score (nSPS) is 22.9. The van der Waals surface area contributed by atoms with E-state index in [0.29, 0.717) is 0 Å². The standard InChI is InChI=1S/C10H16N4O/c1-11-8-4-2-3-5-14(10(8)15)9-6-12-7-13-9/h6-8,11H,2-5H2,1H3,(H,12,13). The zero-order valence-corrected chi connectivity index (χ0v) is 8.86. The number of carbonyl (C=O) groups excluding carboxylic acids is 1. The molecule has 2 rings (SSSR count). The first-order chi connectivity index (χ1) is 7.33. The van der Waals surface area contributed by atoms with Gasteiger partial charge in [0.15, 0.2) is 5.82 Å². The van der Waals surface area contributed by atoms with Gasteiger partial charge in [0.05, 0.1) is 12.4 Å². The first-order valence-corrected chi connectivity index (χ1v) is 5.30. The number of imidazole rings is 1. The van der Waals surface area contributed by atoms with Crippen molar-refractivity contribution in [3.05, 3.63) is 12.5 Å². The fraction of sp³-hybridized carbons (Fsp3) is 0.600. The summed E-state index contributed by atoms with van der Waals surface area (Å²) in [6.07, 6.45) is 6.39. The number of likely N-dealkylation sites (N-methyl/N-ethyl adjacent to an activating group) is 1. The molecule has 82 valence electrons. The number of carbonyl (C=O) groups is 1. The summed E-state index contributed by atoms with van der Waals surface area (Å²) in [7, 11) is 1.83. The first kappa shape index (κ1) is 10.2. The van der Waals surface area contributed by atoms with Crippen LogP contribution in [0.15, 0.2) is 12.5 Å². The predicted molar refractivity (Wildman–Crippen MR) is 57.6 cm³/mol. The molecule has 1 aromatic rings. The highest BCUT2D eigenvalue weighted by molar-refractivity contribution is 5.96. The zero-order valence-electron chi connectivity index (χ0n) is 8.86. The van der Waals surface area contributed by atoms with Crippen molar-refractivity contribution in [3.63, 3.8) is 0 Å². The molecule has 0 aliphatic carbocycles. The highest BCUT2D eigenvalue weighted by Gasteiger charge is 2.27. The van der Waals surface area contributed by atoms with Crippen molar-refractivity contribution in [2.45, 2.75) is 25.3 Å². The Morgan fingerprint density at radius 1 is 1.60 bits per heavy atom. The van der Waals surface area contributed by atoms with Crippen molar-refractivity contribution >= 4 is 11.7 Å². The topological polar surface area (TPSA) is 61.0 Å². The van der Waals surface area contributed by atoms with Gasteiger partial charge in [-0.2, -0.15) is 0 Å². The SMILES string of the molecule is CNC1CCCCN(c2c[nH]cn2)C1=O. The summed E-state index contributed by atoms with van der Waals surface area (Å²) in [5.41, 5.74) is 0. The minimum absolute atomic E-state index is 0.0656. The van der Waals surface area contributed by atoms with E-state index in [0.717, 1.165) is 31.6 Å². The molecule has 1 unspecified atom stereocenters.